The fraction of sp³-hybridized carbons (Fsp3) is 0.231. The number of hydrogen-bond acceptors (Lipinski definition) is 5. The van der Waals surface area contributed by atoms with Gasteiger partial charge in [-0.3, -0.25) is 14.5 Å². The van der Waals surface area contributed by atoms with E-state index in [0.29, 0.717) is 16.5 Å². The Balaban J connectivity index is 1.78. The molecule has 2 aromatic rings. The summed E-state index contributed by atoms with van der Waals surface area (Å²) < 4.78 is 0. The van der Waals surface area contributed by atoms with Crippen molar-refractivity contribution in [2.75, 3.05) is 17.2 Å². The van der Waals surface area contributed by atoms with Crippen LogP contribution in [0.5, 0.6) is 0 Å². The highest BCUT2D eigenvalue weighted by molar-refractivity contribution is 8.01. The molecule has 21 heavy (non-hydrogen) atoms. The lowest BCUT2D eigenvalue weighted by Gasteiger charge is -2.29. The number of nitrogens with zero attached hydrogens (tertiary/aromatic N) is 3. The lowest BCUT2D eigenvalue weighted by molar-refractivity contribution is -0.116. The first-order valence-corrected chi connectivity index (χ1v) is 7.65. The van der Waals surface area contributed by atoms with Gasteiger partial charge in [0.2, 0.25) is 11.9 Å². The molecule has 1 aromatic heterocycles. The molecule has 1 unspecified atom stereocenters. The Hall–Kier alpha value is -1.86. The molecule has 0 radical (unpaired) electrons. The molecule has 0 spiro atoms. The van der Waals surface area contributed by atoms with Gasteiger partial charge in [-0.2, -0.15) is 10.1 Å². The van der Waals surface area contributed by atoms with Crippen LogP contribution in [0.3, 0.4) is 0 Å². The minimum atomic E-state index is -0.325. The van der Waals surface area contributed by atoms with Gasteiger partial charge in [0.1, 0.15) is 6.33 Å². The van der Waals surface area contributed by atoms with Crippen molar-refractivity contribution < 1.29 is 9.59 Å². The maximum atomic E-state index is 12.5. The van der Waals surface area contributed by atoms with E-state index in [1.54, 1.807) is 24.3 Å². The van der Waals surface area contributed by atoms with Gasteiger partial charge in [0.15, 0.2) is 5.78 Å². The van der Waals surface area contributed by atoms with Crippen LogP contribution in [0.15, 0.2) is 30.6 Å². The third kappa shape index (κ3) is 2.93. The molecule has 1 atom stereocenters. The molecule has 3 rings (SSSR count). The van der Waals surface area contributed by atoms with Crippen molar-refractivity contribution in [2.45, 2.75) is 5.25 Å². The fourth-order valence-electron chi connectivity index (χ4n) is 2.06. The zero-order valence-corrected chi connectivity index (χ0v) is 12.4. The molecule has 1 aromatic carbocycles. The predicted octanol–water partition coefficient (Wildman–Crippen LogP) is 1.79. The standard InChI is InChI=1S/C13H11ClN4O2S/c14-9-3-1-8(2-4-9)12(20)10-5-18(11(19)6-21-10)13-15-7-16-17-13/h1-4,7,10H,5-6H2,(H,15,16,17). The number of ketones is 1. The van der Waals surface area contributed by atoms with Gasteiger partial charge in [0, 0.05) is 17.1 Å². The molecule has 1 fully saturated rings. The fourth-order valence-corrected chi connectivity index (χ4v) is 3.23. The van der Waals surface area contributed by atoms with Crippen molar-refractivity contribution in [2.24, 2.45) is 0 Å². The molecule has 0 saturated carbocycles. The van der Waals surface area contributed by atoms with Crippen LogP contribution in [0.2, 0.25) is 5.02 Å². The van der Waals surface area contributed by atoms with Gasteiger partial charge in [-0.25, -0.2) is 5.10 Å². The number of carbonyl (C=O) groups excluding carboxylic acids is 2. The summed E-state index contributed by atoms with van der Waals surface area (Å²) in [6.07, 6.45) is 1.33. The summed E-state index contributed by atoms with van der Waals surface area (Å²) in [5.74, 6) is 0.504. The van der Waals surface area contributed by atoms with E-state index >= 15 is 0 Å². The minimum Gasteiger partial charge on any atom is -0.293 e. The van der Waals surface area contributed by atoms with Crippen molar-refractivity contribution in [3.8, 4) is 0 Å². The summed E-state index contributed by atoms with van der Waals surface area (Å²) in [6, 6.07) is 6.75. The number of aromatic amines is 1. The maximum Gasteiger partial charge on any atom is 0.239 e. The van der Waals surface area contributed by atoms with Crippen molar-refractivity contribution >= 4 is 41.0 Å². The molecule has 1 saturated heterocycles. The summed E-state index contributed by atoms with van der Waals surface area (Å²) in [4.78, 5) is 29.8. The second-order valence-electron chi connectivity index (χ2n) is 4.48. The molecular formula is C13H11ClN4O2S. The van der Waals surface area contributed by atoms with E-state index < -0.39 is 0 Å². The largest absolute Gasteiger partial charge is 0.293 e. The van der Waals surface area contributed by atoms with E-state index in [0.717, 1.165) is 0 Å². The zero-order chi connectivity index (χ0) is 14.8. The van der Waals surface area contributed by atoms with E-state index in [2.05, 4.69) is 15.2 Å². The zero-order valence-electron chi connectivity index (χ0n) is 10.8. The van der Waals surface area contributed by atoms with Gasteiger partial charge in [-0.05, 0) is 24.3 Å². The SMILES string of the molecule is O=C(c1ccc(Cl)cc1)C1CN(c2ncn[nH]2)C(=O)CS1. The van der Waals surface area contributed by atoms with Gasteiger partial charge in [-0.15, -0.1) is 11.8 Å². The smallest absolute Gasteiger partial charge is 0.239 e. The average molecular weight is 323 g/mol. The van der Waals surface area contributed by atoms with E-state index in [1.165, 1.54) is 23.0 Å². The number of benzene rings is 1. The number of amides is 1. The van der Waals surface area contributed by atoms with Gasteiger partial charge in [-0.1, -0.05) is 11.6 Å². The molecular weight excluding hydrogens is 312 g/mol. The molecule has 1 aliphatic rings. The maximum absolute atomic E-state index is 12.5. The second-order valence-corrected chi connectivity index (χ2v) is 6.11. The normalized spacial score (nSPS) is 18.8. The number of thioether (sulfide) groups is 1. The highest BCUT2D eigenvalue weighted by Gasteiger charge is 2.33. The van der Waals surface area contributed by atoms with Crippen LogP contribution >= 0.6 is 23.4 Å². The lowest BCUT2D eigenvalue weighted by Crippen LogP contribution is -2.45. The van der Waals surface area contributed by atoms with Crippen LogP contribution in [0.25, 0.3) is 0 Å². The number of Topliss-reactive ketones (excluding diaryl/α,β-unsaturated/α-hetero) is 1. The van der Waals surface area contributed by atoms with Crippen molar-refractivity contribution in [1.29, 1.82) is 0 Å². The Morgan fingerprint density at radius 1 is 1.38 bits per heavy atom. The van der Waals surface area contributed by atoms with E-state index in [4.69, 9.17) is 11.6 Å². The van der Waals surface area contributed by atoms with E-state index in [1.807, 2.05) is 0 Å². The second kappa shape index (κ2) is 5.87. The van der Waals surface area contributed by atoms with Crippen molar-refractivity contribution in [3.63, 3.8) is 0 Å². The first-order valence-electron chi connectivity index (χ1n) is 6.22. The molecule has 6 nitrogen and oxygen atoms in total. The molecule has 0 bridgehead atoms. The number of H-pyrrole nitrogens is 1. The molecule has 8 heteroatoms. The summed E-state index contributed by atoms with van der Waals surface area (Å²) in [6.45, 7) is 0.278. The summed E-state index contributed by atoms with van der Waals surface area (Å²) >= 11 is 7.17. The monoisotopic (exact) mass is 322 g/mol. The Kier molecular flexibility index (Phi) is 3.94. The summed E-state index contributed by atoms with van der Waals surface area (Å²) in [7, 11) is 0. The number of halogens is 1. The molecule has 0 aliphatic carbocycles. The van der Waals surface area contributed by atoms with Crippen LogP contribution in [-0.2, 0) is 4.79 Å². The van der Waals surface area contributed by atoms with Crippen molar-refractivity contribution in [3.05, 3.63) is 41.2 Å². The molecule has 1 amide bonds. The minimum absolute atomic E-state index is 0.0197. The molecule has 2 heterocycles. The average Bonchev–Trinajstić information content (AvgIpc) is 3.02. The number of anilines is 1. The third-order valence-corrected chi connectivity index (χ3v) is 4.57. The van der Waals surface area contributed by atoms with E-state index in [9.17, 15) is 9.59 Å². The lowest BCUT2D eigenvalue weighted by atomic mass is 10.1. The third-order valence-electron chi connectivity index (χ3n) is 3.14. The number of aromatic nitrogens is 3. The van der Waals surface area contributed by atoms with Crippen LogP contribution in [0.4, 0.5) is 5.95 Å². The summed E-state index contributed by atoms with van der Waals surface area (Å²) in [5, 5.41) is 6.64. The Labute approximate surface area is 129 Å². The summed E-state index contributed by atoms with van der Waals surface area (Å²) in [5.41, 5.74) is 0.587. The van der Waals surface area contributed by atoms with Crippen LogP contribution in [0, 0.1) is 0 Å². The molecule has 1 N–H and O–H groups in total. The van der Waals surface area contributed by atoms with Crippen LogP contribution < -0.4 is 4.90 Å². The Morgan fingerprint density at radius 3 is 2.81 bits per heavy atom. The Bertz CT molecular complexity index is 659. The number of rotatable bonds is 3. The Morgan fingerprint density at radius 2 is 2.14 bits per heavy atom. The predicted molar refractivity (Wildman–Crippen MR) is 80.8 cm³/mol. The number of nitrogens with one attached hydrogen (secondary N) is 1. The topological polar surface area (TPSA) is 79.0 Å². The van der Waals surface area contributed by atoms with Gasteiger partial charge in [0.05, 0.1) is 11.0 Å². The first-order chi connectivity index (χ1) is 10.1. The highest BCUT2D eigenvalue weighted by atomic mass is 35.5. The van der Waals surface area contributed by atoms with Crippen LogP contribution in [-0.4, -0.2) is 44.4 Å². The quantitative estimate of drug-likeness (QED) is 0.872. The number of carbonyl (C=O) groups is 2. The van der Waals surface area contributed by atoms with Crippen molar-refractivity contribution in [1.82, 2.24) is 15.2 Å². The highest BCUT2D eigenvalue weighted by Crippen LogP contribution is 2.25. The van der Waals surface area contributed by atoms with Crippen LogP contribution in [0.1, 0.15) is 10.4 Å². The van der Waals surface area contributed by atoms with Gasteiger partial charge >= 0.3 is 0 Å². The van der Waals surface area contributed by atoms with Gasteiger partial charge < -0.3 is 0 Å². The molecule has 108 valence electrons. The van der Waals surface area contributed by atoms with E-state index in [-0.39, 0.29) is 29.2 Å². The molecule has 1 aliphatic heterocycles. The van der Waals surface area contributed by atoms with Gasteiger partial charge in [0.25, 0.3) is 0 Å². The first kappa shape index (κ1) is 14.1. The number of hydrogen-bond donors (Lipinski definition) is 1.